The highest BCUT2D eigenvalue weighted by Gasteiger charge is 2.13. The van der Waals surface area contributed by atoms with Gasteiger partial charge in [-0.3, -0.25) is 4.98 Å². The van der Waals surface area contributed by atoms with E-state index in [1.807, 2.05) is 0 Å². The molecule has 0 unspecified atom stereocenters. The Balaban J connectivity index is 1.97. The zero-order chi connectivity index (χ0) is 12.3. The number of ether oxygens (including phenoxy) is 1. The Labute approximate surface area is 96.2 Å². The molecule has 88 valence electrons. The Hall–Kier alpha value is -2.24. The standard InChI is InChI=1S/C11H9FN2O3/c1-7-2-10(17-14-7)11(15)16-6-8-3-9(12)5-13-4-8/h2-5H,6H2,1H3. The molecule has 0 aliphatic heterocycles. The third-order valence-corrected chi connectivity index (χ3v) is 1.96. The smallest absolute Gasteiger partial charge is 0.377 e. The summed E-state index contributed by atoms with van der Waals surface area (Å²) >= 11 is 0. The number of esters is 1. The average molecular weight is 236 g/mol. The van der Waals surface area contributed by atoms with Gasteiger partial charge in [0.05, 0.1) is 11.9 Å². The van der Waals surface area contributed by atoms with Crippen molar-refractivity contribution >= 4 is 5.97 Å². The van der Waals surface area contributed by atoms with Gasteiger partial charge in [-0.25, -0.2) is 9.18 Å². The van der Waals surface area contributed by atoms with Crippen LogP contribution in [0.25, 0.3) is 0 Å². The zero-order valence-electron chi connectivity index (χ0n) is 9.01. The Bertz CT molecular complexity index is 539. The molecule has 0 saturated heterocycles. The first-order valence-corrected chi connectivity index (χ1v) is 4.85. The fourth-order valence-corrected chi connectivity index (χ4v) is 1.21. The molecule has 2 rings (SSSR count). The van der Waals surface area contributed by atoms with Crippen molar-refractivity contribution < 1.29 is 18.4 Å². The normalized spacial score (nSPS) is 10.2. The van der Waals surface area contributed by atoms with E-state index in [-0.39, 0.29) is 12.4 Å². The van der Waals surface area contributed by atoms with Crippen LogP contribution in [0.2, 0.25) is 0 Å². The summed E-state index contributed by atoms with van der Waals surface area (Å²) < 4.78 is 22.4. The van der Waals surface area contributed by atoms with Gasteiger partial charge in [0, 0.05) is 17.8 Å². The number of rotatable bonds is 3. The van der Waals surface area contributed by atoms with Crippen LogP contribution < -0.4 is 0 Å². The second-order valence-electron chi connectivity index (χ2n) is 3.42. The topological polar surface area (TPSA) is 65.2 Å². The molecule has 0 amide bonds. The number of carbonyl (C=O) groups excluding carboxylic acids is 1. The van der Waals surface area contributed by atoms with E-state index < -0.39 is 11.8 Å². The van der Waals surface area contributed by atoms with E-state index in [9.17, 15) is 9.18 Å². The molecule has 0 saturated carbocycles. The summed E-state index contributed by atoms with van der Waals surface area (Å²) in [4.78, 5) is 15.1. The van der Waals surface area contributed by atoms with E-state index in [1.165, 1.54) is 18.3 Å². The predicted octanol–water partition coefficient (Wildman–Crippen LogP) is 1.87. The number of aromatic nitrogens is 2. The molecule has 2 heterocycles. The van der Waals surface area contributed by atoms with E-state index in [2.05, 4.69) is 10.1 Å². The van der Waals surface area contributed by atoms with Gasteiger partial charge >= 0.3 is 5.97 Å². The van der Waals surface area contributed by atoms with Crippen molar-refractivity contribution in [1.82, 2.24) is 10.1 Å². The molecule has 0 spiro atoms. The number of hydrogen-bond acceptors (Lipinski definition) is 5. The largest absolute Gasteiger partial charge is 0.455 e. The van der Waals surface area contributed by atoms with Crippen molar-refractivity contribution in [1.29, 1.82) is 0 Å². The number of hydrogen-bond donors (Lipinski definition) is 0. The molecule has 0 N–H and O–H groups in total. The van der Waals surface area contributed by atoms with Gasteiger partial charge in [0.1, 0.15) is 12.4 Å². The molecule has 0 fully saturated rings. The molecular weight excluding hydrogens is 227 g/mol. The quantitative estimate of drug-likeness (QED) is 0.761. The minimum Gasteiger partial charge on any atom is -0.455 e. The van der Waals surface area contributed by atoms with Gasteiger partial charge in [-0.15, -0.1) is 0 Å². The maximum atomic E-state index is 12.8. The lowest BCUT2D eigenvalue weighted by molar-refractivity contribution is 0.0425. The van der Waals surface area contributed by atoms with Crippen LogP contribution in [0, 0.1) is 12.7 Å². The Kier molecular flexibility index (Phi) is 3.13. The van der Waals surface area contributed by atoms with E-state index in [4.69, 9.17) is 9.26 Å². The van der Waals surface area contributed by atoms with Gasteiger partial charge < -0.3 is 9.26 Å². The number of pyridine rings is 1. The molecule has 6 heteroatoms. The lowest BCUT2D eigenvalue weighted by atomic mass is 10.3. The Morgan fingerprint density at radius 2 is 2.29 bits per heavy atom. The molecule has 0 radical (unpaired) electrons. The highest BCUT2D eigenvalue weighted by atomic mass is 19.1. The third-order valence-electron chi connectivity index (χ3n) is 1.96. The molecule has 5 nitrogen and oxygen atoms in total. The molecule has 17 heavy (non-hydrogen) atoms. The summed E-state index contributed by atoms with van der Waals surface area (Å²) in [5.41, 5.74) is 1.05. The van der Waals surface area contributed by atoms with Gasteiger partial charge in [-0.05, 0) is 13.0 Å². The Morgan fingerprint density at radius 1 is 1.47 bits per heavy atom. The fourth-order valence-electron chi connectivity index (χ4n) is 1.21. The molecule has 2 aromatic heterocycles. The highest BCUT2D eigenvalue weighted by Crippen LogP contribution is 2.07. The summed E-state index contributed by atoms with van der Waals surface area (Å²) in [5.74, 6) is -1.10. The summed E-state index contributed by atoms with van der Waals surface area (Å²) in [6, 6.07) is 2.71. The molecule has 2 aromatic rings. The van der Waals surface area contributed by atoms with Gasteiger partial charge in [0.15, 0.2) is 0 Å². The summed E-state index contributed by atoms with van der Waals surface area (Å²) in [6.07, 6.45) is 2.49. The lowest BCUT2D eigenvalue weighted by Crippen LogP contribution is -2.04. The Morgan fingerprint density at radius 3 is 2.94 bits per heavy atom. The minimum absolute atomic E-state index is 0.0202. The van der Waals surface area contributed by atoms with Crippen LogP contribution in [0.1, 0.15) is 21.8 Å². The van der Waals surface area contributed by atoms with Crippen LogP contribution in [0.3, 0.4) is 0 Å². The monoisotopic (exact) mass is 236 g/mol. The number of nitrogens with zero attached hydrogens (tertiary/aromatic N) is 2. The van der Waals surface area contributed by atoms with Crippen molar-refractivity contribution in [2.24, 2.45) is 0 Å². The number of aryl methyl sites for hydroxylation is 1. The van der Waals surface area contributed by atoms with Crippen molar-refractivity contribution in [3.05, 3.63) is 47.4 Å². The van der Waals surface area contributed by atoms with Crippen LogP contribution >= 0.6 is 0 Å². The zero-order valence-corrected chi connectivity index (χ0v) is 9.01. The van der Waals surface area contributed by atoms with E-state index in [0.717, 1.165) is 6.20 Å². The SMILES string of the molecule is Cc1cc(C(=O)OCc2cncc(F)c2)on1. The van der Waals surface area contributed by atoms with Gasteiger partial charge in [-0.1, -0.05) is 5.16 Å². The summed E-state index contributed by atoms with van der Waals surface area (Å²) in [5, 5.41) is 3.56. The van der Waals surface area contributed by atoms with Gasteiger partial charge in [0.25, 0.3) is 0 Å². The van der Waals surface area contributed by atoms with Crippen LogP contribution in [0.15, 0.2) is 29.0 Å². The molecular formula is C11H9FN2O3. The molecule has 0 atom stereocenters. The summed E-state index contributed by atoms with van der Waals surface area (Å²) in [6.45, 7) is 1.63. The minimum atomic E-state index is -0.644. The first-order valence-electron chi connectivity index (χ1n) is 4.85. The molecule has 0 bridgehead atoms. The molecule has 0 aliphatic carbocycles. The fraction of sp³-hybridized carbons (Fsp3) is 0.182. The molecule has 0 aromatic carbocycles. The van der Waals surface area contributed by atoms with Crippen molar-refractivity contribution in [2.45, 2.75) is 13.5 Å². The average Bonchev–Trinajstić information content (AvgIpc) is 2.73. The first kappa shape index (κ1) is 11.3. The van der Waals surface area contributed by atoms with Crippen LogP contribution in [0.5, 0.6) is 0 Å². The van der Waals surface area contributed by atoms with Crippen molar-refractivity contribution in [3.63, 3.8) is 0 Å². The van der Waals surface area contributed by atoms with E-state index >= 15 is 0 Å². The van der Waals surface area contributed by atoms with Gasteiger partial charge in [-0.2, -0.15) is 0 Å². The number of carbonyl (C=O) groups is 1. The van der Waals surface area contributed by atoms with Gasteiger partial charge in [0.2, 0.25) is 5.76 Å². The lowest BCUT2D eigenvalue weighted by Gasteiger charge is -2.01. The van der Waals surface area contributed by atoms with E-state index in [0.29, 0.717) is 11.3 Å². The number of halogens is 1. The predicted molar refractivity (Wildman–Crippen MR) is 54.6 cm³/mol. The first-order chi connectivity index (χ1) is 8.15. The third kappa shape index (κ3) is 2.87. The van der Waals surface area contributed by atoms with Crippen LogP contribution in [0.4, 0.5) is 4.39 Å². The van der Waals surface area contributed by atoms with Crippen molar-refractivity contribution in [3.8, 4) is 0 Å². The van der Waals surface area contributed by atoms with Crippen molar-refractivity contribution in [2.75, 3.05) is 0 Å². The molecule has 0 aliphatic rings. The maximum absolute atomic E-state index is 12.8. The van der Waals surface area contributed by atoms with Crippen LogP contribution in [-0.4, -0.2) is 16.1 Å². The second-order valence-corrected chi connectivity index (χ2v) is 3.42. The highest BCUT2D eigenvalue weighted by molar-refractivity contribution is 5.86. The summed E-state index contributed by atoms with van der Waals surface area (Å²) in [7, 11) is 0. The second kappa shape index (κ2) is 4.73. The maximum Gasteiger partial charge on any atom is 0.377 e. The van der Waals surface area contributed by atoms with E-state index in [1.54, 1.807) is 6.92 Å². The van der Waals surface area contributed by atoms with Crippen LogP contribution in [-0.2, 0) is 11.3 Å².